The Balaban J connectivity index is 1.03. The van der Waals surface area contributed by atoms with Crippen molar-refractivity contribution in [2.45, 2.75) is 32.2 Å². The van der Waals surface area contributed by atoms with Crippen molar-refractivity contribution in [3.63, 3.8) is 0 Å². The van der Waals surface area contributed by atoms with Crippen molar-refractivity contribution in [3.05, 3.63) is 83.9 Å². The van der Waals surface area contributed by atoms with Crippen molar-refractivity contribution in [2.24, 2.45) is 0 Å². The Labute approximate surface area is 222 Å². The number of ether oxygens (including phenoxy) is 2. The Morgan fingerprint density at radius 2 is 1.49 bits per heavy atom. The smallest absolute Gasteiger partial charge is 0.119 e. The SMILES string of the molecule is c1cc(CNCCc2ccc(-c3ccc(OCCN4CCOCC4)cc3)cc2)cc(N2CCCCC2)c1. The van der Waals surface area contributed by atoms with E-state index in [-0.39, 0.29) is 0 Å². The molecular formula is C32H41N3O2. The molecule has 2 aliphatic rings. The van der Waals surface area contributed by atoms with Crippen LogP contribution in [0.3, 0.4) is 0 Å². The highest BCUT2D eigenvalue weighted by Crippen LogP contribution is 2.23. The zero-order chi connectivity index (χ0) is 25.1. The number of anilines is 1. The summed E-state index contributed by atoms with van der Waals surface area (Å²) in [7, 11) is 0. The van der Waals surface area contributed by atoms with Gasteiger partial charge < -0.3 is 19.7 Å². The molecule has 2 fully saturated rings. The van der Waals surface area contributed by atoms with Crippen molar-refractivity contribution in [1.82, 2.24) is 10.2 Å². The number of nitrogens with zero attached hydrogens (tertiary/aromatic N) is 2. The molecule has 37 heavy (non-hydrogen) atoms. The molecule has 5 nitrogen and oxygen atoms in total. The van der Waals surface area contributed by atoms with Crippen LogP contribution in [0.1, 0.15) is 30.4 Å². The predicted molar refractivity (Wildman–Crippen MR) is 153 cm³/mol. The average molecular weight is 500 g/mol. The maximum atomic E-state index is 5.95. The largest absolute Gasteiger partial charge is 0.492 e. The van der Waals surface area contributed by atoms with Crippen LogP contribution in [0.15, 0.2) is 72.8 Å². The summed E-state index contributed by atoms with van der Waals surface area (Å²) in [6.45, 7) is 9.61. The molecule has 2 heterocycles. The van der Waals surface area contributed by atoms with Gasteiger partial charge in [0.1, 0.15) is 12.4 Å². The standard InChI is InChI=1S/C32H41N3O2/c1-2-17-35(18-3-1)31-6-4-5-28(25-31)26-33-16-15-27-7-9-29(10-8-27)30-11-13-32(14-12-30)37-24-21-34-19-22-36-23-20-34/h4-14,25,33H,1-3,15-24,26H2. The third kappa shape index (κ3) is 7.81. The molecule has 0 unspecified atom stereocenters. The Bertz CT molecular complexity index is 1070. The fourth-order valence-electron chi connectivity index (χ4n) is 5.21. The lowest BCUT2D eigenvalue weighted by atomic mass is 10.0. The fourth-order valence-corrected chi connectivity index (χ4v) is 5.21. The molecule has 2 aliphatic heterocycles. The van der Waals surface area contributed by atoms with Crippen LogP contribution in [-0.2, 0) is 17.7 Å². The first-order chi connectivity index (χ1) is 18.3. The van der Waals surface area contributed by atoms with Gasteiger partial charge in [-0.2, -0.15) is 0 Å². The second-order valence-electron chi connectivity index (χ2n) is 10.2. The van der Waals surface area contributed by atoms with E-state index < -0.39 is 0 Å². The predicted octanol–water partition coefficient (Wildman–Crippen LogP) is 5.39. The van der Waals surface area contributed by atoms with E-state index >= 15 is 0 Å². The van der Waals surface area contributed by atoms with Crippen LogP contribution in [0.5, 0.6) is 5.75 Å². The Morgan fingerprint density at radius 3 is 2.24 bits per heavy atom. The molecule has 2 saturated heterocycles. The molecular weight excluding hydrogens is 458 g/mol. The lowest BCUT2D eigenvalue weighted by molar-refractivity contribution is 0.0322. The van der Waals surface area contributed by atoms with Gasteiger partial charge in [-0.05, 0) is 78.7 Å². The molecule has 3 aromatic rings. The van der Waals surface area contributed by atoms with Gasteiger partial charge >= 0.3 is 0 Å². The number of hydrogen-bond acceptors (Lipinski definition) is 5. The molecule has 1 N–H and O–H groups in total. The third-order valence-electron chi connectivity index (χ3n) is 7.47. The van der Waals surface area contributed by atoms with Crippen LogP contribution in [0.2, 0.25) is 0 Å². The fraction of sp³-hybridized carbons (Fsp3) is 0.438. The summed E-state index contributed by atoms with van der Waals surface area (Å²) in [5, 5.41) is 3.63. The number of hydrogen-bond donors (Lipinski definition) is 1. The van der Waals surface area contributed by atoms with Crippen LogP contribution in [0.4, 0.5) is 5.69 Å². The molecule has 0 aliphatic carbocycles. The highest BCUT2D eigenvalue weighted by Gasteiger charge is 2.11. The zero-order valence-corrected chi connectivity index (χ0v) is 22.0. The monoisotopic (exact) mass is 499 g/mol. The van der Waals surface area contributed by atoms with Crippen molar-refractivity contribution in [3.8, 4) is 16.9 Å². The molecule has 3 aromatic carbocycles. The Morgan fingerprint density at radius 1 is 0.757 bits per heavy atom. The number of benzene rings is 3. The summed E-state index contributed by atoms with van der Waals surface area (Å²) in [4.78, 5) is 4.92. The first-order valence-corrected chi connectivity index (χ1v) is 14.0. The van der Waals surface area contributed by atoms with Crippen molar-refractivity contribution >= 4 is 5.69 Å². The van der Waals surface area contributed by atoms with E-state index in [2.05, 4.69) is 87.9 Å². The molecule has 0 atom stereocenters. The van der Waals surface area contributed by atoms with E-state index in [1.54, 1.807) is 0 Å². The molecule has 0 amide bonds. The summed E-state index contributed by atoms with van der Waals surface area (Å²) in [6, 6.07) is 26.5. The summed E-state index contributed by atoms with van der Waals surface area (Å²) < 4.78 is 11.4. The van der Waals surface area contributed by atoms with Crippen LogP contribution in [0, 0.1) is 0 Å². The van der Waals surface area contributed by atoms with Crippen LogP contribution >= 0.6 is 0 Å². The lowest BCUT2D eigenvalue weighted by Crippen LogP contribution is -2.38. The van der Waals surface area contributed by atoms with Gasteiger partial charge in [0.05, 0.1) is 13.2 Å². The normalized spacial score (nSPS) is 16.6. The van der Waals surface area contributed by atoms with E-state index in [1.165, 1.54) is 60.3 Å². The first-order valence-electron chi connectivity index (χ1n) is 14.0. The summed E-state index contributed by atoms with van der Waals surface area (Å²) in [5.41, 5.74) is 6.57. The molecule has 0 saturated carbocycles. The van der Waals surface area contributed by atoms with Gasteiger partial charge in [-0.3, -0.25) is 4.90 Å². The molecule has 0 bridgehead atoms. The van der Waals surface area contributed by atoms with Gasteiger partial charge in [-0.25, -0.2) is 0 Å². The molecule has 5 rings (SSSR count). The highest BCUT2D eigenvalue weighted by atomic mass is 16.5. The minimum Gasteiger partial charge on any atom is -0.492 e. The van der Waals surface area contributed by atoms with Crippen molar-refractivity contribution in [2.75, 3.05) is 64.0 Å². The number of morpholine rings is 1. The van der Waals surface area contributed by atoms with Crippen LogP contribution in [0.25, 0.3) is 11.1 Å². The van der Waals surface area contributed by atoms with Gasteiger partial charge in [0.25, 0.3) is 0 Å². The summed E-state index contributed by atoms with van der Waals surface area (Å²) >= 11 is 0. The lowest BCUT2D eigenvalue weighted by Gasteiger charge is -2.29. The highest BCUT2D eigenvalue weighted by molar-refractivity contribution is 5.64. The molecule has 196 valence electrons. The maximum Gasteiger partial charge on any atom is 0.119 e. The molecule has 0 aromatic heterocycles. The maximum absolute atomic E-state index is 5.95. The molecule has 5 heteroatoms. The Kier molecular flexibility index (Phi) is 9.49. The van der Waals surface area contributed by atoms with E-state index in [9.17, 15) is 0 Å². The van der Waals surface area contributed by atoms with Crippen LogP contribution in [-0.4, -0.2) is 64.0 Å². The second kappa shape index (κ2) is 13.6. The molecule has 0 radical (unpaired) electrons. The van der Waals surface area contributed by atoms with Gasteiger partial charge in [-0.15, -0.1) is 0 Å². The minimum absolute atomic E-state index is 0.714. The zero-order valence-electron chi connectivity index (χ0n) is 22.0. The van der Waals surface area contributed by atoms with Gasteiger partial charge in [0.2, 0.25) is 0 Å². The first kappa shape index (κ1) is 25.8. The van der Waals surface area contributed by atoms with E-state index in [1.807, 2.05) is 0 Å². The van der Waals surface area contributed by atoms with Gasteiger partial charge in [0, 0.05) is 45.0 Å². The number of rotatable bonds is 11. The van der Waals surface area contributed by atoms with Crippen LogP contribution < -0.4 is 15.0 Å². The van der Waals surface area contributed by atoms with Crippen molar-refractivity contribution in [1.29, 1.82) is 0 Å². The van der Waals surface area contributed by atoms with E-state index in [4.69, 9.17) is 9.47 Å². The van der Waals surface area contributed by atoms with E-state index in [0.29, 0.717) is 6.61 Å². The second-order valence-corrected chi connectivity index (χ2v) is 10.2. The van der Waals surface area contributed by atoms with Gasteiger partial charge in [-0.1, -0.05) is 48.5 Å². The van der Waals surface area contributed by atoms with Crippen molar-refractivity contribution < 1.29 is 9.47 Å². The quantitative estimate of drug-likeness (QED) is 0.358. The topological polar surface area (TPSA) is 37.0 Å². The summed E-state index contributed by atoms with van der Waals surface area (Å²) in [5.74, 6) is 0.932. The Hall–Kier alpha value is -2.86. The summed E-state index contributed by atoms with van der Waals surface area (Å²) in [6.07, 6.45) is 5.03. The third-order valence-corrected chi connectivity index (χ3v) is 7.47. The minimum atomic E-state index is 0.714. The number of piperidine rings is 1. The molecule has 0 spiro atoms. The number of nitrogens with one attached hydrogen (secondary N) is 1. The van der Waals surface area contributed by atoms with E-state index in [0.717, 1.165) is 58.1 Å². The average Bonchev–Trinajstić information content (AvgIpc) is 2.97. The van der Waals surface area contributed by atoms with Gasteiger partial charge in [0.15, 0.2) is 0 Å².